The highest BCUT2D eigenvalue weighted by molar-refractivity contribution is 6.07. The molecule has 46 heavy (non-hydrogen) atoms. The first-order chi connectivity index (χ1) is 22.1. The number of alkyl carbamates (subject to hydrolysis) is 1. The van der Waals surface area contributed by atoms with E-state index in [1.165, 1.54) is 0 Å². The van der Waals surface area contributed by atoms with Gasteiger partial charge in [-0.05, 0) is 93.6 Å². The van der Waals surface area contributed by atoms with E-state index < -0.39 is 11.7 Å². The Morgan fingerprint density at radius 1 is 0.870 bits per heavy atom. The normalized spacial score (nSPS) is 11.0. The van der Waals surface area contributed by atoms with Gasteiger partial charge in [0.2, 0.25) is 5.88 Å². The molecule has 2 amide bonds. The molecule has 0 atom stereocenters. The van der Waals surface area contributed by atoms with Crippen molar-refractivity contribution in [3.8, 4) is 22.8 Å². The molecule has 240 valence electrons. The lowest BCUT2D eigenvalue weighted by Crippen LogP contribution is -2.33. The van der Waals surface area contributed by atoms with E-state index >= 15 is 0 Å². The fourth-order valence-electron chi connectivity index (χ4n) is 4.70. The van der Waals surface area contributed by atoms with Gasteiger partial charge in [0.15, 0.2) is 0 Å². The van der Waals surface area contributed by atoms with Crippen molar-refractivity contribution < 1.29 is 28.6 Å². The molecule has 0 saturated carbocycles. The van der Waals surface area contributed by atoms with E-state index in [0.29, 0.717) is 43.0 Å². The summed E-state index contributed by atoms with van der Waals surface area (Å²) in [7, 11) is 0. The minimum absolute atomic E-state index is 0.167. The van der Waals surface area contributed by atoms with Crippen molar-refractivity contribution in [2.24, 2.45) is 0 Å². The van der Waals surface area contributed by atoms with Crippen LogP contribution < -0.4 is 15.0 Å². The summed E-state index contributed by atoms with van der Waals surface area (Å²) in [6.07, 6.45) is 2.24. The van der Waals surface area contributed by atoms with Crippen molar-refractivity contribution in [1.82, 2.24) is 10.3 Å². The maximum Gasteiger partial charge on any atom is 0.407 e. The molecular formula is C37H41N3O6. The van der Waals surface area contributed by atoms with Crippen LogP contribution in [0.5, 0.6) is 11.6 Å². The van der Waals surface area contributed by atoms with Crippen LogP contribution >= 0.6 is 0 Å². The summed E-state index contributed by atoms with van der Waals surface area (Å²) in [6.45, 7) is 8.14. The van der Waals surface area contributed by atoms with Crippen LogP contribution in [0.15, 0.2) is 97.2 Å². The molecule has 0 saturated heterocycles. The fourth-order valence-corrected chi connectivity index (χ4v) is 4.70. The third-order valence-electron chi connectivity index (χ3n) is 6.79. The number of esters is 1. The maximum absolute atomic E-state index is 14.0. The topological polar surface area (TPSA) is 107 Å². The molecule has 9 heteroatoms. The summed E-state index contributed by atoms with van der Waals surface area (Å²) in [5.74, 6) is 0.212. The van der Waals surface area contributed by atoms with Gasteiger partial charge in [0.25, 0.3) is 5.91 Å². The van der Waals surface area contributed by atoms with Gasteiger partial charge in [0.1, 0.15) is 17.0 Å². The monoisotopic (exact) mass is 623 g/mol. The molecule has 0 aliphatic carbocycles. The Morgan fingerprint density at radius 2 is 1.61 bits per heavy atom. The highest BCUT2D eigenvalue weighted by Gasteiger charge is 2.23. The summed E-state index contributed by atoms with van der Waals surface area (Å²) < 4.78 is 16.6. The second kappa shape index (κ2) is 16.2. The van der Waals surface area contributed by atoms with E-state index in [0.717, 1.165) is 16.7 Å². The molecular weight excluding hydrogens is 582 g/mol. The van der Waals surface area contributed by atoms with Gasteiger partial charge in [0.05, 0.1) is 6.61 Å². The zero-order chi connectivity index (χ0) is 32.9. The molecule has 1 N–H and O–H groups in total. The van der Waals surface area contributed by atoms with Crippen LogP contribution in [-0.2, 0) is 20.7 Å². The Kier molecular flexibility index (Phi) is 11.9. The summed E-state index contributed by atoms with van der Waals surface area (Å²) in [4.78, 5) is 44.2. The lowest BCUT2D eigenvalue weighted by molar-refractivity contribution is -0.143. The molecule has 4 aromatic rings. The number of nitrogens with one attached hydrogen (secondary N) is 1. The number of aromatic nitrogens is 1. The largest absolute Gasteiger partial charge is 0.466 e. The van der Waals surface area contributed by atoms with E-state index in [1.807, 2.05) is 81.4 Å². The number of pyridine rings is 1. The van der Waals surface area contributed by atoms with Crippen LogP contribution in [0.4, 0.5) is 10.5 Å². The number of carbonyl (C=O) groups excluding carboxylic acids is 3. The van der Waals surface area contributed by atoms with Gasteiger partial charge in [-0.2, -0.15) is 0 Å². The Bertz CT molecular complexity index is 1600. The molecule has 3 aromatic carbocycles. The number of hydrogen-bond acceptors (Lipinski definition) is 7. The van der Waals surface area contributed by atoms with Crippen molar-refractivity contribution in [3.05, 3.63) is 108 Å². The molecule has 0 bridgehead atoms. The van der Waals surface area contributed by atoms with Crippen molar-refractivity contribution >= 4 is 23.7 Å². The number of carbonyl (C=O) groups is 3. The minimum Gasteiger partial charge on any atom is -0.466 e. The quantitative estimate of drug-likeness (QED) is 0.153. The molecule has 0 unspecified atom stereocenters. The van der Waals surface area contributed by atoms with E-state index in [2.05, 4.69) is 10.3 Å². The first kappa shape index (κ1) is 33.7. The third-order valence-corrected chi connectivity index (χ3v) is 6.79. The first-order valence-corrected chi connectivity index (χ1v) is 15.4. The van der Waals surface area contributed by atoms with Crippen LogP contribution in [0.25, 0.3) is 11.1 Å². The number of amides is 2. The Morgan fingerprint density at radius 3 is 2.33 bits per heavy atom. The molecule has 0 aliphatic rings. The van der Waals surface area contributed by atoms with Gasteiger partial charge in [-0.25, -0.2) is 9.78 Å². The highest BCUT2D eigenvalue weighted by atomic mass is 16.6. The Balaban J connectivity index is 1.53. The number of anilines is 1. The van der Waals surface area contributed by atoms with E-state index in [-0.39, 0.29) is 30.7 Å². The number of nitrogens with zero attached hydrogens (tertiary/aromatic N) is 2. The predicted octanol–water partition coefficient (Wildman–Crippen LogP) is 7.60. The van der Waals surface area contributed by atoms with Crippen LogP contribution in [0.1, 0.15) is 56.5 Å². The predicted molar refractivity (Wildman–Crippen MR) is 178 cm³/mol. The van der Waals surface area contributed by atoms with Crippen molar-refractivity contribution in [3.63, 3.8) is 0 Å². The number of hydrogen-bond donors (Lipinski definition) is 1. The molecule has 0 fully saturated rings. The minimum atomic E-state index is -0.572. The number of rotatable bonds is 13. The standard InChI is InChI=1S/C37H41N3O6/c1-5-44-33(41)17-11-25-40(35(42)30-20-18-29(19-21-30)28-13-7-6-8-14-28)32-16-10-23-38-34(32)45-31-15-9-12-27(26-31)22-24-39-36(43)46-37(2,3)4/h6-10,12-16,18-21,23,26H,5,11,17,22,24-25H2,1-4H3,(H,39,43). The zero-order valence-corrected chi connectivity index (χ0v) is 26.8. The second-order valence-corrected chi connectivity index (χ2v) is 11.6. The van der Waals surface area contributed by atoms with Crippen LogP contribution in [0, 0.1) is 0 Å². The van der Waals surface area contributed by atoms with Crippen molar-refractivity contribution in [2.45, 2.75) is 52.6 Å². The maximum atomic E-state index is 14.0. The zero-order valence-electron chi connectivity index (χ0n) is 26.8. The van der Waals surface area contributed by atoms with Gasteiger partial charge in [-0.15, -0.1) is 0 Å². The molecule has 0 spiro atoms. The molecule has 1 heterocycles. The Hall–Kier alpha value is -5.18. The second-order valence-electron chi connectivity index (χ2n) is 11.6. The average molecular weight is 624 g/mol. The van der Waals surface area contributed by atoms with E-state index in [4.69, 9.17) is 14.2 Å². The smallest absolute Gasteiger partial charge is 0.407 e. The summed E-state index contributed by atoms with van der Waals surface area (Å²) in [6, 6.07) is 28.4. The molecule has 1 aromatic heterocycles. The number of ether oxygens (including phenoxy) is 3. The molecule has 0 aliphatic heterocycles. The van der Waals surface area contributed by atoms with Gasteiger partial charge < -0.3 is 24.4 Å². The van der Waals surface area contributed by atoms with Crippen LogP contribution in [0.2, 0.25) is 0 Å². The van der Waals surface area contributed by atoms with Gasteiger partial charge >= 0.3 is 12.1 Å². The molecule has 4 rings (SSSR count). The SMILES string of the molecule is CCOC(=O)CCCN(C(=O)c1ccc(-c2ccccc2)cc1)c1cccnc1Oc1cccc(CCNC(=O)OC(C)(C)C)c1. The van der Waals surface area contributed by atoms with Crippen molar-refractivity contribution in [1.29, 1.82) is 0 Å². The molecule has 0 radical (unpaired) electrons. The number of benzene rings is 3. The third kappa shape index (κ3) is 10.2. The molecule has 9 nitrogen and oxygen atoms in total. The first-order valence-electron chi connectivity index (χ1n) is 15.4. The van der Waals surface area contributed by atoms with Gasteiger partial charge in [0, 0.05) is 31.3 Å². The van der Waals surface area contributed by atoms with Crippen LogP contribution in [0.3, 0.4) is 0 Å². The van der Waals surface area contributed by atoms with Gasteiger partial charge in [-0.3, -0.25) is 9.59 Å². The average Bonchev–Trinajstić information content (AvgIpc) is 3.03. The summed E-state index contributed by atoms with van der Waals surface area (Å²) >= 11 is 0. The van der Waals surface area contributed by atoms with E-state index in [9.17, 15) is 14.4 Å². The van der Waals surface area contributed by atoms with Gasteiger partial charge in [-0.1, -0.05) is 54.6 Å². The fraction of sp³-hybridized carbons (Fsp3) is 0.297. The lowest BCUT2D eigenvalue weighted by Gasteiger charge is -2.24. The lowest BCUT2D eigenvalue weighted by atomic mass is 10.0. The van der Waals surface area contributed by atoms with Crippen molar-refractivity contribution in [2.75, 3.05) is 24.6 Å². The summed E-state index contributed by atoms with van der Waals surface area (Å²) in [5.41, 5.74) is 3.38. The van der Waals surface area contributed by atoms with E-state index in [1.54, 1.807) is 48.4 Å². The Labute approximate surface area is 270 Å². The summed E-state index contributed by atoms with van der Waals surface area (Å²) in [5, 5.41) is 2.77. The van der Waals surface area contributed by atoms with Crippen LogP contribution in [-0.4, -0.2) is 48.3 Å². The highest BCUT2D eigenvalue weighted by Crippen LogP contribution is 2.32.